The maximum atomic E-state index is 10.6. The van der Waals surface area contributed by atoms with Crippen LogP contribution in [0.4, 0.5) is 4.79 Å². The molecule has 2 aromatic rings. The molecule has 0 bridgehead atoms. The molecule has 1 aromatic heterocycles. The second-order valence-corrected chi connectivity index (χ2v) is 2.66. The van der Waals surface area contributed by atoms with Crippen LogP contribution < -0.4 is 10.5 Å². The van der Waals surface area contributed by atoms with Crippen molar-refractivity contribution in [2.45, 2.75) is 0 Å². The van der Waals surface area contributed by atoms with Crippen LogP contribution in [-0.4, -0.2) is 11.1 Å². The summed E-state index contributed by atoms with van der Waals surface area (Å²) in [6.45, 7) is 0. The molecule has 0 unspecified atom stereocenters. The Hall–Kier alpha value is -2.10. The number of amides is 1. The van der Waals surface area contributed by atoms with Gasteiger partial charge < -0.3 is 10.5 Å². The number of nitrogens with zero attached hydrogens (tertiary/aromatic N) is 1. The van der Waals surface area contributed by atoms with Crippen LogP contribution in [-0.2, 0) is 0 Å². The van der Waals surface area contributed by atoms with Crippen molar-refractivity contribution in [1.29, 1.82) is 0 Å². The number of aromatic nitrogens is 1. The fourth-order valence-corrected chi connectivity index (χ4v) is 1.19. The number of hydrogen-bond donors (Lipinski definition) is 1. The van der Waals surface area contributed by atoms with Gasteiger partial charge in [0.15, 0.2) is 5.75 Å². The number of rotatable bonds is 1. The van der Waals surface area contributed by atoms with E-state index in [0.29, 0.717) is 11.3 Å². The van der Waals surface area contributed by atoms with E-state index in [4.69, 9.17) is 10.5 Å². The Morgan fingerprint density at radius 1 is 1.50 bits per heavy atom. The maximum absolute atomic E-state index is 10.6. The third-order valence-corrected chi connectivity index (χ3v) is 1.73. The molecular formula is C10H7N2O2. The molecule has 1 aromatic carbocycles. The highest BCUT2D eigenvalue weighted by molar-refractivity contribution is 5.85. The summed E-state index contributed by atoms with van der Waals surface area (Å²) in [5, 5.41) is 0.784. The number of primary amides is 1. The van der Waals surface area contributed by atoms with Crippen LogP contribution in [0, 0.1) is 6.07 Å². The summed E-state index contributed by atoms with van der Waals surface area (Å²) in [5.41, 5.74) is 5.49. The van der Waals surface area contributed by atoms with Crippen LogP contribution in [0.1, 0.15) is 0 Å². The van der Waals surface area contributed by atoms with E-state index in [2.05, 4.69) is 11.1 Å². The van der Waals surface area contributed by atoms with E-state index < -0.39 is 6.09 Å². The first kappa shape index (κ1) is 8.50. The quantitative estimate of drug-likeness (QED) is 0.735. The van der Waals surface area contributed by atoms with Crippen molar-refractivity contribution < 1.29 is 9.53 Å². The number of hydrogen-bond acceptors (Lipinski definition) is 3. The summed E-state index contributed by atoms with van der Waals surface area (Å²) in [4.78, 5) is 14.6. The van der Waals surface area contributed by atoms with Gasteiger partial charge in [0.2, 0.25) is 0 Å². The van der Waals surface area contributed by atoms with E-state index in [1.807, 2.05) is 6.07 Å². The minimum Gasteiger partial charge on any atom is -0.408 e. The lowest BCUT2D eigenvalue weighted by atomic mass is 10.2. The third-order valence-electron chi connectivity index (χ3n) is 1.73. The lowest BCUT2D eigenvalue weighted by Gasteiger charge is -2.03. The maximum Gasteiger partial charge on any atom is 0.410 e. The fourth-order valence-electron chi connectivity index (χ4n) is 1.19. The van der Waals surface area contributed by atoms with Crippen molar-refractivity contribution in [3.8, 4) is 5.75 Å². The van der Waals surface area contributed by atoms with E-state index in [1.165, 1.54) is 0 Å². The second kappa shape index (κ2) is 3.33. The predicted molar refractivity (Wildman–Crippen MR) is 50.8 cm³/mol. The van der Waals surface area contributed by atoms with Crippen molar-refractivity contribution in [3.63, 3.8) is 0 Å². The molecule has 2 rings (SSSR count). The van der Waals surface area contributed by atoms with Gasteiger partial charge in [-0.1, -0.05) is 6.07 Å². The van der Waals surface area contributed by atoms with Crippen molar-refractivity contribution in [1.82, 2.24) is 4.98 Å². The zero-order valence-electron chi connectivity index (χ0n) is 7.23. The van der Waals surface area contributed by atoms with E-state index in [-0.39, 0.29) is 0 Å². The molecule has 1 heterocycles. The molecule has 1 amide bonds. The summed E-state index contributed by atoms with van der Waals surface area (Å²) in [6, 6.07) is 9.84. The summed E-state index contributed by atoms with van der Waals surface area (Å²) in [6.07, 6.45) is 0.771. The van der Waals surface area contributed by atoms with Crippen LogP contribution in [0.25, 0.3) is 10.9 Å². The average Bonchev–Trinajstić information content (AvgIpc) is 2.18. The number of carbonyl (C=O) groups is 1. The molecule has 4 nitrogen and oxygen atoms in total. The van der Waals surface area contributed by atoms with Crippen LogP contribution in [0.15, 0.2) is 30.5 Å². The van der Waals surface area contributed by atoms with E-state index >= 15 is 0 Å². The van der Waals surface area contributed by atoms with Gasteiger partial charge >= 0.3 is 6.09 Å². The fraction of sp³-hybridized carbons (Fsp3) is 0. The number of fused-ring (bicyclic) bond motifs is 1. The molecule has 2 N–H and O–H groups in total. The van der Waals surface area contributed by atoms with Gasteiger partial charge in [0, 0.05) is 11.6 Å². The lowest BCUT2D eigenvalue weighted by Crippen LogP contribution is -2.16. The number of ether oxygens (including phenoxy) is 1. The predicted octanol–water partition coefficient (Wildman–Crippen LogP) is 1.49. The van der Waals surface area contributed by atoms with Gasteiger partial charge in [0.1, 0.15) is 5.52 Å². The van der Waals surface area contributed by atoms with Gasteiger partial charge in [-0.05, 0) is 24.3 Å². The minimum atomic E-state index is -0.844. The van der Waals surface area contributed by atoms with E-state index in [1.54, 1.807) is 24.4 Å². The van der Waals surface area contributed by atoms with Crippen molar-refractivity contribution in [2.24, 2.45) is 5.73 Å². The first-order valence-electron chi connectivity index (χ1n) is 4.00. The average molecular weight is 187 g/mol. The number of pyridine rings is 1. The zero-order valence-corrected chi connectivity index (χ0v) is 7.23. The molecule has 14 heavy (non-hydrogen) atoms. The van der Waals surface area contributed by atoms with Gasteiger partial charge in [-0.3, -0.25) is 4.98 Å². The van der Waals surface area contributed by atoms with Crippen LogP contribution in [0.5, 0.6) is 5.75 Å². The Labute approximate surface area is 80.3 Å². The number of carbonyl (C=O) groups excluding carboxylic acids is 1. The van der Waals surface area contributed by atoms with Gasteiger partial charge in [0.05, 0.1) is 0 Å². The Balaban J connectivity index is 2.59. The largest absolute Gasteiger partial charge is 0.410 e. The molecule has 0 fully saturated rings. The summed E-state index contributed by atoms with van der Waals surface area (Å²) in [5.74, 6) is 0.354. The highest BCUT2D eigenvalue weighted by Gasteiger charge is 2.04. The SMILES string of the molecule is NC(=O)Oc1cc[c]c2cccnc12. The summed E-state index contributed by atoms with van der Waals surface area (Å²) in [7, 11) is 0. The molecule has 0 spiro atoms. The molecule has 0 atom stereocenters. The molecule has 4 heteroatoms. The molecule has 0 saturated heterocycles. The molecule has 0 aliphatic carbocycles. The molecule has 69 valence electrons. The third kappa shape index (κ3) is 1.50. The van der Waals surface area contributed by atoms with Gasteiger partial charge in [0.25, 0.3) is 0 Å². The normalized spacial score (nSPS) is 10.0. The second-order valence-electron chi connectivity index (χ2n) is 2.66. The topological polar surface area (TPSA) is 65.2 Å². The highest BCUT2D eigenvalue weighted by atomic mass is 16.5. The molecular weight excluding hydrogens is 180 g/mol. The van der Waals surface area contributed by atoms with Crippen LogP contribution in [0.2, 0.25) is 0 Å². The summed E-state index contributed by atoms with van der Waals surface area (Å²) >= 11 is 0. The molecule has 1 radical (unpaired) electrons. The first-order valence-corrected chi connectivity index (χ1v) is 4.00. The van der Waals surface area contributed by atoms with Crippen molar-refractivity contribution >= 4 is 17.0 Å². The Morgan fingerprint density at radius 3 is 3.14 bits per heavy atom. The van der Waals surface area contributed by atoms with Gasteiger partial charge in [-0.2, -0.15) is 0 Å². The highest BCUT2D eigenvalue weighted by Crippen LogP contribution is 2.22. The standard InChI is InChI=1S/C10H7N2O2/c11-10(13)14-8-5-1-3-7-4-2-6-12-9(7)8/h1-2,4-6H,(H2,11,13). The monoisotopic (exact) mass is 187 g/mol. The van der Waals surface area contributed by atoms with Crippen LogP contribution in [0.3, 0.4) is 0 Å². The lowest BCUT2D eigenvalue weighted by molar-refractivity contribution is 0.211. The van der Waals surface area contributed by atoms with E-state index in [9.17, 15) is 4.79 Å². The first-order chi connectivity index (χ1) is 6.77. The van der Waals surface area contributed by atoms with Gasteiger partial charge in [-0.25, -0.2) is 4.79 Å². The number of nitrogens with two attached hydrogens (primary N) is 1. The van der Waals surface area contributed by atoms with Crippen molar-refractivity contribution in [3.05, 3.63) is 36.5 Å². The Morgan fingerprint density at radius 2 is 2.36 bits per heavy atom. The van der Waals surface area contributed by atoms with Crippen LogP contribution >= 0.6 is 0 Å². The molecule has 0 aliphatic rings. The Bertz CT molecular complexity index is 477. The smallest absolute Gasteiger partial charge is 0.408 e. The van der Waals surface area contributed by atoms with Crippen molar-refractivity contribution in [2.75, 3.05) is 0 Å². The zero-order chi connectivity index (χ0) is 9.97. The Kier molecular flexibility index (Phi) is 2.02. The summed E-state index contributed by atoms with van der Waals surface area (Å²) < 4.78 is 4.78. The number of benzene rings is 1. The molecule has 0 saturated carbocycles. The van der Waals surface area contributed by atoms with E-state index in [0.717, 1.165) is 5.39 Å². The molecule has 0 aliphatic heterocycles. The minimum absolute atomic E-state index is 0.354. The van der Waals surface area contributed by atoms with Gasteiger partial charge in [-0.15, -0.1) is 0 Å².